The maximum Gasteiger partial charge on any atom is 0.270 e. The molecule has 1 aromatic rings. The van der Waals surface area contributed by atoms with Gasteiger partial charge in [-0.05, 0) is 17.9 Å². The Bertz CT molecular complexity index is 462. The molecule has 0 saturated heterocycles. The fraction of sp³-hybridized carbons (Fsp3) is 0.538. The number of non-ortho nitro benzene ring substituents is 1. The molecule has 0 aliphatic heterocycles. The molecule has 0 fully saturated rings. The molecule has 0 atom stereocenters. The quantitative estimate of drug-likeness (QED) is 0.617. The molecule has 0 aromatic heterocycles. The van der Waals surface area contributed by atoms with Gasteiger partial charge in [0, 0.05) is 29.9 Å². The standard InChI is InChI=1S/C13H18F2N2O2/c1-4-13(2,3)8-16-11-6-5-9(17(18)19)7-10(11)12(14)15/h5-7,12,16H,4,8H2,1-3H3. The summed E-state index contributed by atoms with van der Waals surface area (Å²) in [5.41, 5.74) is -0.430. The molecule has 0 bridgehead atoms. The second-order valence-corrected chi connectivity index (χ2v) is 5.20. The molecule has 0 aliphatic rings. The minimum absolute atomic E-state index is 0.0266. The van der Waals surface area contributed by atoms with E-state index < -0.39 is 11.3 Å². The summed E-state index contributed by atoms with van der Waals surface area (Å²) >= 11 is 0. The molecule has 0 spiro atoms. The fourth-order valence-electron chi connectivity index (χ4n) is 1.46. The van der Waals surface area contributed by atoms with Gasteiger partial charge < -0.3 is 5.32 Å². The maximum absolute atomic E-state index is 12.9. The van der Waals surface area contributed by atoms with Crippen molar-refractivity contribution < 1.29 is 13.7 Å². The summed E-state index contributed by atoms with van der Waals surface area (Å²) in [4.78, 5) is 9.92. The van der Waals surface area contributed by atoms with Gasteiger partial charge in [0.2, 0.25) is 0 Å². The predicted molar refractivity (Wildman–Crippen MR) is 70.6 cm³/mol. The Balaban J connectivity index is 2.97. The van der Waals surface area contributed by atoms with E-state index in [1.54, 1.807) is 0 Å². The molecule has 0 amide bonds. The molecular formula is C13H18F2N2O2. The Morgan fingerprint density at radius 2 is 2.05 bits per heavy atom. The van der Waals surface area contributed by atoms with E-state index in [1.807, 2.05) is 20.8 Å². The number of nitro benzene ring substituents is 1. The molecule has 19 heavy (non-hydrogen) atoms. The molecule has 1 rings (SSSR count). The zero-order valence-electron chi connectivity index (χ0n) is 11.2. The summed E-state index contributed by atoms with van der Waals surface area (Å²) in [6.45, 7) is 6.59. The molecule has 1 aromatic carbocycles. The average molecular weight is 272 g/mol. The zero-order chi connectivity index (χ0) is 14.6. The van der Waals surface area contributed by atoms with E-state index in [9.17, 15) is 18.9 Å². The van der Waals surface area contributed by atoms with Crippen molar-refractivity contribution in [2.24, 2.45) is 5.41 Å². The van der Waals surface area contributed by atoms with Crippen LogP contribution in [0.25, 0.3) is 0 Å². The summed E-state index contributed by atoms with van der Waals surface area (Å²) in [7, 11) is 0. The molecule has 106 valence electrons. The van der Waals surface area contributed by atoms with Crippen LogP contribution in [0, 0.1) is 15.5 Å². The van der Waals surface area contributed by atoms with Gasteiger partial charge in [-0.1, -0.05) is 20.8 Å². The number of halogens is 2. The van der Waals surface area contributed by atoms with Crippen LogP contribution in [0.4, 0.5) is 20.2 Å². The summed E-state index contributed by atoms with van der Waals surface area (Å²) in [6, 6.07) is 3.49. The molecule has 0 heterocycles. The van der Waals surface area contributed by atoms with Gasteiger partial charge in [-0.2, -0.15) is 0 Å². The van der Waals surface area contributed by atoms with E-state index in [0.717, 1.165) is 12.5 Å². The Kier molecular flexibility index (Phi) is 4.80. The number of rotatable bonds is 6. The number of alkyl halides is 2. The molecule has 1 N–H and O–H groups in total. The topological polar surface area (TPSA) is 55.2 Å². The SMILES string of the molecule is CCC(C)(C)CNc1ccc([N+](=O)[O-])cc1C(F)F. The number of hydrogen-bond acceptors (Lipinski definition) is 3. The lowest BCUT2D eigenvalue weighted by Crippen LogP contribution is -2.22. The van der Waals surface area contributed by atoms with Crippen LogP contribution in [-0.4, -0.2) is 11.5 Å². The normalized spacial score (nSPS) is 11.7. The summed E-state index contributed by atoms with van der Waals surface area (Å²) in [6.07, 6.45) is -1.84. The highest BCUT2D eigenvalue weighted by molar-refractivity contribution is 5.56. The van der Waals surface area contributed by atoms with Gasteiger partial charge in [-0.15, -0.1) is 0 Å². The van der Waals surface area contributed by atoms with Crippen molar-refractivity contribution in [2.45, 2.75) is 33.6 Å². The third-order valence-electron chi connectivity index (χ3n) is 3.20. The molecular weight excluding hydrogens is 254 g/mol. The van der Waals surface area contributed by atoms with Crippen LogP contribution in [0.3, 0.4) is 0 Å². The highest BCUT2D eigenvalue weighted by atomic mass is 19.3. The van der Waals surface area contributed by atoms with Crippen molar-refractivity contribution in [2.75, 3.05) is 11.9 Å². The summed E-state index contributed by atoms with van der Waals surface area (Å²) in [5.74, 6) is 0. The van der Waals surface area contributed by atoms with Crippen molar-refractivity contribution in [1.29, 1.82) is 0 Å². The fourth-order valence-corrected chi connectivity index (χ4v) is 1.46. The van der Waals surface area contributed by atoms with Gasteiger partial charge in [0.1, 0.15) is 0 Å². The van der Waals surface area contributed by atoms with Crippen LogP contribution in [0.1, 0.15) is 39.2 Å². The number of hydrogen-bond donors (Lipinski definition) is 1. The van der Waals surface area contributed by atoms with Crippen LogP contribution in [0.2, 0.25) is 0 Å². The number of nitrogens with zero attached hydrogens (tertiary/aromatic N) is 1. The van der Waals surface area contributed by atoms with Gasteiger partial charge in [0.05, 0.1) is 4.92 Å². The number of nitro groups is 1. The number of anilines is 1. The van der Waals surface area contributed by atoms with Gasteiger partial charge >= 0.3 is 0 Å². The van der Waals surface area contributed by atoms with Crippen LogP contribution in [0.15, 0.2) is 18.2 Å². The zero-order valence-corrected chi connectivity index (χ0v) is 11.2. The second-order valence-electron chi connectivity index (χ2n) is 5.20. The number of benzene rings is 1. The molecule has 6 heteroatoms. The van der Waals surface area contributed by atoms with E-state index in [4.69, 9.17) is 0 Å². The van der Waals surface area contributed by atoms with Crippen LogP contribution in [0.5, 0.6) is 0 Å². The van der Waals surface area contributed by atoms with Gasteiger partial charge in [-0.3, -0.25) is 10.1 Å². The minimum atomic E-state index is -2.74. The van der Waals surface area contributed by atoms with Crippen molar-refractivity contribution >= 4 is 11.4 Å². The molecule has 0 unspecified atom stereocenters. The van der Waals surface area contributed by atoms with Gasteiger partial charge in [0.25, 0.3) is 12.1 Å². The highest BCUT2D eigenvalue weighted by Crippen LogP contribution is 2.31. The monoisotopic (exact) mass is 272 g/mol. The van der Waals surface area contributed by atoms with Gasteiger partial charge in [0.15, 0.2) is 0 Å². The van der Waals surface area contributed by atoms with Crippen molar-refractivity contribution in [1.82, 2.24) is 0 Å². The third-order valence-corrected chi connectivity index (χ3v) is 3.20. The Labute approximate surface area is 111 Å². The number of nitrogens with one attached hydrogen (secondary N) is 1. The Hall–Kier alpha value is -1.72. The largest absolute Gasteiger partial charge is 0.384 e. The summed E-state index contributed by atoms with van der Waals surface area (Å²) < 4.78 is 25.8. The van der Waals surface area contributed by atoms with E-state index in [2.05, 4.69) is 5.32 Å². The molecule has 4 nitrogen and oxygen atoms in total. The first-order chi connectivity index (χ1) is 8.76. The van der Waals surface area contributed by atoms with Crippen molar-refractivity contribution in [3.63, 3.8) is 0 Å². The molecule has 0 aliphatic carbocycles. The van der Waals surface area contributed by atoms with E-state index in [-0.39, 0.29) is 22.4 Å². The third kappa shape index (κ3) is 4.15. The summed E-state index contributed by atoms with van der Waals surface area (Å²) in [5, 5.41) is 13.5. The molecule has 0 saturated carbocycles. The van der Waals surface area contributed by atoms with Crippen LogP contribution in [-0.2, 0) is 0 Å². The lowest BCUT2D eigenvalue weighted by atomic mass is 9.90. The second kappa shape index (κ2) is 5.95. The van der Waals surface area contributed by atoms with E-state index >= 15 is 0 Å². The minimum Gasteiger partial charge on any atom is -0.384 e. The smallest absolute Gasteiger partial charge is 0.270 e. The van der Waals surface area contributed by atoms with Crippen LogP contribution < -0.4 is 5.32 Å². The first-order valence-electron chi connectivity index (χ1n) is 6.07. The lowest BCUT2D eigenvalue weighted by Gasteiger charge is -2.24. The first-order valence-corrected chi connectivity index (χ1v) is 6.07. The highest BCUT2D eigenvalue weighted by Gasteiger charge is 2.20. The van der Waals surface area contributed by atoms with Crippen molar-refractivity contribution in [3.05, 3.63) is 33.9 Å². The predicted octanol–water partition coefficient (Wildman–Crippen LogP) is 4.38. The van der Waals surface area contributed by atoms with Crippen molar-refractivity contribution in [3.8, 4) is 0 Å². The van der Waals surface area contributed by atoms with Gasteiger partial charge in [-0.25, -0.2) is 8.78 Å². The Morgan fingerprint density at radius 1 is 1.42 bits per heavy atom. The average Bonchev–Trinajstić information content (AvgIpc) is 2.36. The maximum atomic E-state index is 12.9. The van der Waals surface area contributed by atoms with E-state index in [0.29, 0.717) is 6.54 Å². The van der Waals surface area contributed by atoms with E-state index in [1.165, 1.54) is 12.1 Å². The Morgan fingerprint density at radius 3 is 2.53 bits per heavy atom. The van der Waals surface area contributed by atoms with Crippen LogP contribution >= 0.6 is 0 Å². The first kappa shape index (κ1) is 15.3. The molecule has 0 radical (unpaired) electrons. The lowest BCUT2D eigenvalue weighted by molar-refractivity contribution is -0.385.